The van der Waals surface area contributed by atoms with Crippen LogP contribution in [0.3, 0.4) is 0 Å². The van der Waals surface area contributed by atoms with E-state index in [1.54, 1.807) is 0 Å². The molecule has 1 aliphatic heterocycles. The van der Waals surface area contributed by atoms with Gasteiger partial charge in [0.2, 0.25) is 0 Å². The van der Waals surface area contributed by atoms with Crippen LogP contribution in [0.1, 0.15) is 12.8 Å². The van der Waals surface area contributed by atoms with Gasteiger partial charge in [0.1, 0.15) is 0 Å². The number of nitrogens with one attached hydrogen (secondary N) is 1. The van der Waals surface area contributed by atoms with Gasteiger partial charge in [0.05, 0.1) is 0 Å². The second kappa shape index (κ2) is 10.5. The molecule has 0 aromatic carbocycles. The molecule has 0 radical (unpaired) electrons. The van der Waals surface area contributed by atoms with E-state index in [1.807, 2.05) is 0 Å². The van der Waals surface area contributed by atoms with Gasteiger partial charge in [-0.05, 0) is 25.9 Å². The third-order valence-corrected chi connectivity index (χ3v) is 2.14. The molecule has 82 valence electrons. The summed E-state index contributed by atoms with van der Waals surface area (Å²) in [7, 11) is 0. The Hall–Kier alpha value is 0.460. The summed E-state index contributed by atoms with van der Waals surface area (Å²) in [5.41, 5.74) is 5.41. The van der Waals surface area contributed by atoms with E-state index in [2.05, 4.69) is 10.2 Å². The van der Waals surface area contributed by atoms with Crippen molar-refractivity contribution in [1.29, 1.82) is 0 Å². The molecule has 3 N–H and O–H groups in total. The van der Waals surface area contributed by atoms with E-state index in [0.29, 0.717) is 0 Å². The molecule has 0 aromatic heterocycles. The van der Waals surface area contributed by atoms with Crippen LogP contribution < -0.4 is 11.1 Å². The second-order valence-electron chi connectivity index (χ2n) is 3.09. The van der Waals surface area contributed by atoms with E-state index >= 15 is 0 Å². The highest BCUT2D eigenvalue weighted by Gasteiger charge is 2.07. The SMILES string of the molecule is Cl.Cl.NCCCCN1CCNCC1. The van der Waals surface area contributed by atoms with Crippen LogP contribution >= 0.6 is 24.8 Å². The molecule has 3 nitrogen and oxygen atoms in total. The van der Waals surface area contributed by atoms with Crippen LogP contribution in [0, 0.1) is 0 Å². The lowest BCUT2D eigenvalue weighted by atomic mass is 10.2. The van der Waals surface area contributed by atoms with Crippen molar-refractivity contribution in [3.05, 3.63) is 0 Å². The van der Waals surface area contributed by atoms with Crippen LogP contribution in [0.15, 0.2) is 0 Å². The standard InChI is InChI=1S/C8H19N3.2ClH/c9-3-1-2-6-11-7-4-10-5-8-11;;/h10H,1-9H2;2*1H. The molecule has 1 fully saturated rings. The van der Waals surface area contributed by atoms with Crippen molar-refractivity contribution in [1.82, 2.24) is 10.2 Å². The zero-order valence-corrected chi connectivity index (χ0v) is 9.63. The van der Waals surface area contributed by atoms with Gasteiger partial charge in [-0.25, -0.2) is 0 Å². The Labute approximate surface area is 93.2 Å². The molecule has 0 atom stereocenters. The summed E-state index contributed by atoms with van der Waals surface area (Å²) in [5, 5.41) is 3.34. The Balaban J connectivity index is 0. The van der Waals surface area contributed by atoms with Crippen molar-refractivity contribution in [3.8, 4) is 0 Å². The van der Waals surface area contributed by atoms with E-state index in [4.69, 9.17) is 5.73 Å². The molecule has 1 heterocycles. The van der Waals surface area contributed by atoms with Crippen LogP contribution in [-0.2, 0) is 0 Å². The molecule has 13 heavy (non-hydrogen) atoms. The van der Waals surface area contributed by atoms with Gasteiger partial charge in [-0.1, -0.05) is 0 Å². The zero-order chi connectivity index (χ0) is 7.94. The van der Waals surface area contributed by atoms with Gasteiger partial charge in [-0.2, -0.15) is 0 Å². The van der Waals surface area contributed by atoms with Gasteiger partial charge in [0.15, 0.2) is 0 Å². The topological polar surface area (TPSA) is 41.3 Å². The number of nitrogens with zero attached hydrogens (tertiary/aromatic N) is 1. The minimum absolute atomic E-state index is 0. The highest BCUT2D eigenvalue weighted by molar-refractivity contribution is 5.85. The van der Waals surface area contributed by atoms with Crippen molar-refractivity contribution < 1.29 is 0 Å². The number of unbranched alkanes of at least 4 members (excludes halogenated alkanes) is 1. The average molecular weight is 230 g/mol. The minimum Gasteiger partial charge on any atom is -0.330 e. The van der Waals surface area contributed by atoms with Crippen LogP contribution in [0.2, 0.25) is 0 Å². The minimum atomic E-state index is 0. The Morgan fingerprint density at radius 1 is 1.08 bits per heavy atom. The molecule has 0 unspecified atom stereocenters. The Morgan fingerprint density at radius 3 is 2.23 bits per heavy atom. The third-order valence-electron chi connectivity index (χ3n) is 2.14. The number of halogens is 2. The van der Waals surface area contributed by atoms with E-state index in [0.717, 1.165) is 19.6 Å². The first-order chi connectivity index (χ1) is 5.43. The fraction of sp³-hybridized carbons (Fsp3) is 1.00. The van der Waals surface area contributed by atoms with Crippen molar-refractivity contribution in [2.45, 2.75) is 12.8 Å². The molecule has 0 aliphatic carbocycles. The van der Waals surface area contributed by atoms with E-state index in [9.17, 15) is 0 Å². The molecular weight excluding hydrogens is 209 g/mol. The van der Waals surface area contributed by atoms with Crippen molar-refractivity contribution in [2.24, 2.45) is 5.73 Å². The lowest BCUT2D eigenvalue weighted by Gasteiger charge is -2.26. The van der Waals surface area contributed by atoms with Gasteiger partial charge < -0.3 is 16.0 Å². The van der Waals surface area contributed by atoms with Gasteiger partial charge in [-0.15, -0.1) is 24.8 Å². The molecule has 0 spiro atoms. The normalized spacial score (nSPS) is 17.3. The number of nitrogens with two attached hydrogens (primary N) is 1. The maximum atomic E-state index is 5.41. The monoisotopic (exact) mass is 229 g/mol. The predicted molar refractivity (Wildman–Crippen MR) is 62.1 cm³/mol. The van der Waals surface area contributed by atoms with Crippen LogP contribution in [0.4, 0.5) is 0 Å². The molecule has 0 aromatic rings. The van der Waals surface area contributed by atoms with E-state index in [-0.39, 0.29) is 24.8 Å². The fourth-order valence-electron chi connectivity index (χ4n) is 1.41. The van der Waals surface area contributed by atoms with Crippen molar-refractivity contribution in [2.75, 3.05) is 39.3 Å². The summed E-state index contributed by atoms with van der Waals surface area (Å²) < 4.78 is 0. The van der Waals surface area contributed by atoms with Crippen molar-refractivity contribution in [3.63, 3.8) is 0 Å². The average Bonchev–Trinajstić information content (AvgIpc) is 2.07. The molecule has 1 saturated heterocycles. The van der Waals surface area contributed by atoms with E-state index in [1.165, 1.54) is 32.5 Å². The fourth-order valence-corrected chi connectivity index (χ4v) is 1.41. The Bertz CT molecular complexity index is 97.4. The van der Waals surface area contributed by atoms with Gasteiger partial charge in [0, 0.05) is 26.2 Å². The summed E-state index contributed by atoms with van der Waals surface area (Å²) in [4.78, 5) is 2.51. The summed E-state index contributed by atoms with van der Waals surface area (Å²) >= 11 is 0. The molecule has 0 bridgehead atoms. The predicted octanol–water partition coefficient (Wildman–Crippen LogP) is 0.474. The van der Waals surface area contributed by atoms with Crippen LogP contribution in [-0.4, -0.2) is 44.2 Å². The maximum Gasteiger partial charge on any atom is 0.0107 e. The first-order valence-electron chi connectivity index (χ1n) is 4.56. The highest BCUT2D eigenvalue weighted by Crippen LogP contribution is 1.95. The summed E-state index contributed by atoms with van der Waals surface area (Å²) in [5.74, 6) is 0. The quantitative estimate of drug-likeness (QED) is 0.690. The first kappa shape index (κ1) is 15.9. The smallest absolute Gasteiger partial charge is 0.0107 e. The molecule has 0 amide bonds. The largest absolute Gasteiger partial charge is 0.330 e. The first-order valence-corrected chi connectivity index (χ1v) is 4.56. The zero-order valence-electron chi connectivity index (χ0n) is 8.00. The summed E-state index contributed by atoms with van der Waals surface area (Å²) in [6, 6.07) is 0. The molecule has 5 heteroatoms. The molecule has 1 rings (SSSR count). The number of rotatable bonds is 4. The Morgan fingerprint density at radius 2 is 1.69 bits per heavy atom. The summed E-state index contributed by atoms with van der Waals surface area (Å²) in [6.45, 7) is 6.81. The third kappa shape index (κ3) is 7.52. The lowest BCUT2D eigenvalue weighted by Crippen LogP contribution is -2.43. The highest BCUT2D eigenvalue weighted by atomic mass is 35.5. The number of hydrogen-bond donors (Lipinski definition) is 2. The van der Waals surface area contributed by atoms with Crippen LogP contribution in [0.25, 0.3) is 0 Å². The summed E-state index contributed by atoms with van der Waals surface area (Å²) in [6.07, 6.45) is 2.43. The van der Waals surface area contributed by atoms with E-state index < -0.39 is 0 Å². The lowest BCUT2D eigenvalue weighted by molar-refractivity contribution is 0.237. The second-order valence-corrected chi connectivity index (χ2v) is 3.09. The van der Waals surface area contributed by atoms with Gasteiger partial charge >= 0.3 is 0 Å². The number of piperazine rings is 1. The number of hydrogen-bond acceptors (Lipinski definition) is 3. The van der Waals surface area contributed by atoms with Gasteiger partial charge in [0.25, 0.3) is 0 Å². The Kier molecular flexibility index (Phi) is 12.9. The van der Waals surface area contributed by atoms with Crippen molar-refractivity contribution >= 4 is 24.8 Å². The van der Waals surface area contributed by atoms with Crippen LogP contribution in [0.5, 0.6) is 0 Å². The molecule has 0 saturated carbocycles. The maximum absolute atomic E-state index is 5.41. The molecular formula is C8H21Cl2N3. The molecule has 1 aliphatic rings. The van der Waals surface area contributed by atoms with Gasteiger partial charge in [-0.3, -0.25) is 0 Å².